The van der Waals surface area contributed by atoms with E-state index >= 15 is 0 Å². The first kappa shape index (κ1) is 14.7. The summed E-state index contributed by atoms with van der Waals surface area (Å²) < 4.78 is 32.7. The highest BCUT2D eigenvalue weighted by atomic mass is 35.7. The fourth-order valence-corrected chi connectivity index (χ4v) is 1.87. The van der Waals surface area contributed by atoms with E-state index in [9.17, 15) is 0 Å². The summed E-state index contributed by atoms with van der Waals surface area (Å²) in [6, 6.07) is 2.00. The van der Waals surface area contributed by atoms with Gasteiger partial charge < -0.3 is 4.98 Å². The van der Waals surface area contributed by atoms with Gasteiger partial charge in [-0.25, -0.2) is 0 Å². The summed E-state index contributed by atoms with van der Waals surface area (Å²) in [6.07, 6.45) is 4.52. The topological polar surface area (TPSA) is 108 Å². The third-order valence-electron chi connectivity index (χ3n) is 2.30. The zero-order valence-electron chi connectivity index (χ0n) is 9.07. The van der Waals surface area contributed by atoms with Crippen LogP contribution in [0.15, 0.2) is 12.3 Å². The molecular formula is C9H14Cl2N2O4. The summed E-state index contributed by atoms with van der Waals surface area (Å²) in [6.45, 7) is 3.49. The molecule has 1 saturated heterocycles. The molecule has 2 heterocycles. The van der Waals surface area contributed by atoms with Crippen LogP contribution in [-0.4, -0.2) is 27.6 Å². The van der Waals surface area contributed by atoms with Gasteiger partial charge in [0.15, 0.2) is 0 Å². The highest BCUT2D eigenvalue weighted by Crippen LogP contribution is 2.14. The number of H-pyrrole nitrogens is 1. The number of nitrogens with one attached hydrogen (secondary N) is 1. The summed E-state index contributed by atoms with van der Waals surface area (Å²) in [5.74, 6) is 0. The molecule has 17 heavy (non-hydrogen) atoms. The summed E-state index contributed by atoms with van der Waals surface area (Å²) in [5.41, 5.74) is 1.22. The number of likely N-dealkylation sites (tertiary alicyclic amines) is 1. The van der Waals surface area contributed by atoms with Crippen molar-refractivity contribution in [1.82, 2.24) is 9.88 Å². The van der Waals surface area contributed by atoms with Gasteiger partial charge in [-0.05, 0) is 32.0 Å². The van der Waals surface area contributed by atoms with E-state index in [4.69, 9.17) is 30.2 Å². The quantitative estimate of drug-likeness (QED) is 0.662. The minimum Gasteiger partial charge on any atom is -0.363 e. The Labute approximate surface area is 106 Å². The second-order valence-corrected chi connectivity index (χ2v) is 4.95. The molecular weight excluding hydrogens is 271 g/mol. The number of nitrogens with zero attached hydrogens (tertiary/aromatic N) is 1. The summed E-state index contributed by atoms with van der Waals surface area (Å²) in [7, 11) is -4.69. The first-order chi connectivity index (χ1) is 7.84. The number of halogens is 2. The molecule has 1 aromatic rings. The maximum Gasteiger partial charge on any atom is 0.0777 e. The molecule has 6 nitrogen and oxygen atoms in total. The van der Waals surface area contributed by atoms with Crippen molar-refractivity contribution in [1.29, 1.82) is 0 Å². The van der Waals surface area contributed by atoms with Crippen LogP contribution < -0.4 is 14.0 Å². The lowest BCUT2D eigenvalue weighted by atomic mass is 10.4. The molecule has 1 aliphatic heterocycles. The van der Waals surface area contributed by atoms with Crippen molar-refractivity contribution in [3.05, 3.63) is 23.0 Å². The third-order valence-corrected chi connectivity index (χ3v) is 2.52. The fourth-order valence-electron chi connectivity index (χ4n) is 1.68. The molecule has 0 amide bonds. The van der Waals surface area contributed by atoms with E-state index in [0.717, 1.165) is 11.6 Å². The smallest absolute Gasteiger partial charge is 0.0777 e. The molecule has 0 atom stereocenters. The largest absolute Gasteiger partial charge is 0.363 e. The van der Waals surface area contributed by atoms with E-state index in [1.54, 1.807) is 0 Å². The van der Waals surface area contributed by atoms with Gasteiger partial charge in [0.05, 0.1) is 19.9 Å². The van der Waals surface area contributed by atoms with Gasteiger partial charge in [0.25, 0.3) is 0 Å². The molecule has 0 spiro atoms. The molecule has 0 radical (unpaired) electrons. The van der Waals surface area contributed by atoms with Crippen LogP contribution in [0.4, 0.5) is 0 Å². The van der Waals surface area contributed by atoms with Crippen LogP contribution in [0, 0.1) is 10.2 Å². The molecule has 8 heteroatoms. The lowest BCUT2D eigenvalue weighted by Gasteiger charge is -2.12. The molecule has 98 valence electrons. The zero-order chi connectivity index (χ0) is 12.9. The number of rotatable bonds is 2. The third kappa shape index (κ3) is 7.56. The van der Waals surface area contributed by atoms with E-state index in [1.807, 2.05) is 12.3 Å². The lowest BCUT2D eigenvalue weighted by molar-refractivity contribution is -1.92. The Bertz CT molecular complexity index is 328. The van der Waals surface area contributed by atoms with Gasteiger partial charge in [-0.2, -0.15) is 14.0 Å². The number of hydrogen-bond acceptors (Lipinski definition) is 5. The van der Waals surface area contributed by atoms with Crippen LogP contribution in [0.5, 0.6) is 0 Å². The van der Waals surface area contributed by atoms with Gasteiger partial charge >= 0.3 is 0 Å². The van der Waals surface area contributed by atoms with Crippen molar-refractivity contribution in [3.8, 4) is 0 Å². The van der Waals surface area contributed by atoms with Crippen molar-refractivity contribution in [2.75, 3.05) is 13.1 Å². The van der Waals surface area contributed by atoms with E-state index in [2.05, 4.69) is 9.88 Å². The Kier molecular flexibility index (Phi) is 5.68. The summed E-state index contributed by atoms with van der Waals surface area (Å²) in [4.78, 5) is 5.61. The first-order valence-corrected chi connectivity index (χ1v) is 6.67. The standard InChI is InChI=1S/C9H13ClN2.ClHO4/c10-8-5-9(11-6-8)7-12-3-1-2-4-12;2-1(3,4)5/h5-6,11H,1-4,7H2;(H,2,3,4,5). The van der Waals surface area contributed by atoms with Gasteiger partial charge in [-0.15, -0.1) is 0 Å². The van der Waals surface area contributed by atoms with Crippen molar-refractivity contribution >= 4 is 11.6 Å². The maximum absolute atomic E-state index is 8.60. The Balaban J connectivity index is 0.000000249. The van der Waals surface area contributed by atoms with Crippen molar-refractivity contribution in [3.63, 3.8) is 0 Å². The van der Waals surface area contributed by atoms with Crippen molar-refractivity contribution in [2.24, 2.45) is 0 Å². The minimum atomic E-state index is -4.69. The summed E-state index contributed by atoms with van der Waals surface area (Å²) in [5, 5.41) is 0.809. The average Bonchev–Trinajstić information content (AvgIpc) is 2.75. The second kappa shape index (κ2) is 6.55. The number of hydrogen-bond donors (Lipinski definition) is 2. The molecule has 2 N–H and O–H groups in total. The molecule has 0 saturated carbocycles. The second-order valence-electron chi connectivity index (χ2n) is 3.72. The van der Waals surface area contributed by atoms with Crippen molar-refractivity contribution in [2.45, 2.75) is 19.4 Å². The van der Waals surface area contributed by atoms with E-state index in [0.29, 0.717) is 0 Å². The van der Waals surface area contributed by atoms with Crippen LogP contribution >= 0.6 is 11.6 Å². The van der Waals surface area contributed by atoms with Crippen molar-refractivity contribution < 1.29 is 28.9 Å². The molecule has 0 bridgehead atoms. The van der Waals surface area contributed by atoms with E-state index < -0.39 is 10.2 Å². The van der Waals surface area contributed by atoms with Gasteiger partial charge in [0.1, 0.15) is 0 Å². The monoisotopic (exact) mass is 284 g/mol. The predicted molar refractivity (Wildman–Crippen MR) is 52.5 cm³/mol. The molecule has 1 fully saturated rings. The highest BCUT2D eigenvalue weighted by Gasteiger charge is 2.11. The Morgan fingerprint density at radius 1 is 1.35 bits per heavy atom. The van der Waals surface area contributed by atoms with Crippen LogP contribution in [0.2, 0.25) is 5.02 Å². The fraction of sp³-hybridized carbons (Fsp3) is 0.556. The van der Waals surface area contributed by atoms with Crippen LogP contribution in [-0.2, 0) is 6.54 Å². The van der Waals surface area contributed by atoms with Crippen LogP contribution in [0.25, 0.3) is 0 Å². The average molecular weight is 285 g/mol. The van der Waals surface area contributed by atoms with Gasteiger partial charge in [0, 0.05) is 18.4 Å². The molecule has 1 aliphatic rings. The Morgan fingerprint density at radius 3 is 2.29 bits per heavy atom. The van der Waals surface area contributed by atoms with Gasteiger partial charge in [-0.1, -0.05) is 11.6 Å². The van der Waals surface area contributed by atoms with E-state index in [1.165, 1.54) is 31.6 Å². The van der Waals surface area contributed by atoms with Crippen LogP contribution in [0.1, 0.15) is 18.5 Å². The molecule has 0 unspecified atom stereocenters. The van der Waals surface area contributed by atoms with Gasteiger partial charge in [0.2, 0.25) is 0 Å². The Morgan fingerprint density at radius 2 is 1.88 bits per heavy atom. The lowest BCUT2D eigenvalue weighted by Crippen LogP contribution is -2.58. The summed E-state index contributed by atoms with van der Waals surface area (Å²) >= 11 is 5.80. The first-order valence-electron chi connectivity index (χ1n) is 5.03. The molecule has 1 aromatic heterocycles. The molecule has 0 aliphatic carbocycles. The van der Waals surface area contributed by atoms with Crippen LogP contribution in [0.3, 0.4) is 0 Å². The normalized spacial score (nSPS) is 16.8. The zero-order valence-corrected chi connectivity index (χ0v) is 10.6. The highest BCUT2D eigenvalue weighted by molar-refractivity contribution is 6.30. The maximum atomic E-state index is 8.60. The number of aromatic nitrogens is 1. The molecule has 0 aromatic carbocycles. The SMILES string of the molecule is Clc1c[nH]c(CN2CCCC2)c1.[O-][Cl+3]([O-])([O-])O. The minimum absolute atomic E-state index is 0.809. The van der Waals surface area contributed by atoms with E-state index in [-0.39, 0.29) is 0 Å². The predicted octanol–water partition coefficient (Wildman–Crippen LogP) is -1.86. The molecule has 2 rings (SSSR count). The van der Waals surface area contributed by atoms with Gasteiger partial charge in [-0.3, -0.25) is 4.90 Å². The Hall–Kier alpha value is -0.340. The number of aromatic amines is 1.